The zero-order valence-electron chi connectivity index (χ0n) is 19.8. The fraction of sp³-hybridized carbons (Fsp3) is 0.296. The zero-order chi connectivity index (χ0) is 24.5. The molecule has 6 nitrogen and oxygen atoms in total. The first-order valence-electron chi connectivity index (χ1n) is 11.9. The SMILES string of the molecule is Cc1ccnc2c1/N=C(/N1CCC(N)CC1)c1cc(F)c(-c3ccccc3F)nc1N/C=C\C2C. The van der Waals surface area contributed by atoms with Gasteiger partial charge in [-0.1, -0.05) is 25.1 Å². The first-order chi connectivity index (χ1) is 16.9. The van der Waals surface area contributed by atoms with Crippen molar-refractivity contribution in [2.24, 2.45) is 10.7 Å². The number of rotatable bonds is 1. The standard InChI is InChI=1S/C27H28F2N6/c1-16-8-12-32-26-20(15-22(29)25(33-26)19-5-3-4-6-21(19)28)27(35-13-9-18(30)10-14-35)34-24-17(2)7-11-31-23(16)24/h3-8,11-12,15-16,18H,9-10,13-14,30H2,1-2H3,(H,32,33)/b12-8-,34-27+. The van der Waals surface area contributed by atoms with Crippen LogP contribution >= 0.6 is 0 Å². The number of aliphatic imine (C=N–C) groups is 1. The molecule has 35 heavy (non-hydrogen) atoms. The van der Waals surface area contributed by atoms with Crippen LogP contribution < -0.4 is 11.1 Å². The number of nitrogens with two attached hydrogens (primary N) is 1. The van der Waals surface area contributed by atoms with E-state index in [9.17, 15) is 4.39 Å². The second-order valence-corrected chi connectivity index (χ2v) is 9.11. The lowest BCUT2D eigenvalue weighted by Gasteiger charge is -2.33. The molecule has 2 aromatic heterocycles. The lowest BCUT2D eigenvalue weighted by molar-refractivity contribution is 0.314. The Bertz CT molecular complexity index is 1310. The Labute approximate surface area is 203 Å². The summed E-state index contributed by atoms with van der Waals surface area (Å²) in [6, 6.07) is 9.51. The van der Waals surface area contributed by atoms with Gasteiger partial charge >= 0.3 is 0 Å². The van der Waals surface area contributed by atoms with Crippen LogP contribution in [-0.4, -0.2) is 39.8 Å². The normalized spacial score (nSPS) is 20.8. The van der Waals surface area contributed by atoms with E-state index < -0.39 is 11.6 Å². The van der Waals surface area contributed by atoms with Crippen molar-refractivity contribution in [2.75, 3.05) is 18.4 Å². The molecular formula is C27H28F2N6. The third kappa shape index (κ3) is 4.53. The molecule has 0 amide bonds. The molecule has 0 saturated carbocycles. The molecule has 1 saturated heterocycles. The number of piperidine rings is 1. The van der Waals surface area contributed by atoms with Gasteiger partial charge in [0.2, 0.25) is 0 Å². The highest BCUT2D eigenvalue weighted by molar-refractivity contribution is 6.05. The summed E-state index contributed by atoms with van der Waals surface area (Å²) >= 11 is 0. The average Bonchev–Trinajstić information content (AvgIpc) is 2.85. The van der Waals surface area contributed by atoms with Gasteiger partial charge in [0, 0.05) is 36.8 Å². The van der Waals surface area contributed by atoms with Gasteiger partial charge in [-0.05, 0) is 55.8 Å². The Morgan fingerprint density at radius 1 is 1.06 bits per heavy atom. The van der Waals surface area contributed by atoms with Crippen LogP contribution in [-0.2, 0) is 0 Å². The van der Waals surface area contributed by atoms with Crippen molar-refractivity contribution >= 4 is 17.3 Å². The number of pyridine rings is 2. The molecule has 3 aromatic rings. The summed E-state index contributed by atoms with van der Waals surface area (Å²) in [4.78, 5) is 16.4. The van der Waals surface area contributed by atoms with Gasteiger partial charge < -0.3 is 16.0 Å². The van der Waals surface area contributed by atoms with E-state index in [1.54, 1.807) is 24.5 Å². The van der Waals surface area contributed by atoms with Gasteiger partial charge in [0.05, 0.1) is 16.9 Å². The van der Waals surface area contributed by atoms with Crippen LogP contribution in [0.25, 0.3) is 11.3 Å². The van der Waals surface area contributed by atoms with Crippen molar-refractivity contribution in [3.05, 3.63) is 83.3 Å². The number of nitrogens with one attached hydrogen (secondary N) is 1. The molecular weight excluding hydrogens is 446 g/mol. The summed E-state index contributed by atoms with van der Waals surface area (Å²) in [5, 5.41) is 3.20. The maximum absolute atomic E-state index is 15.5. The van der Waals surface area contributed by atoms with Crippen molar-refractivity contribution in [3.8, 4) is 11.3 Å². The number of benzene rings is 1. The monoisotopic (exact) mass is 474 g/mol. The molecule has 2 aliphatic rings. The molecule has 0 bridgehead atoms. The lowest BCUT2D eigenvalue weighted by atomic mass is 10.0. The van der Waals surface area contributed by atoms with E-state index in [1.807, 2.05) is 26.0 Å². The molecule has 0 radical (unpaired) electrons. The third-order valence-corrected chi connectivity index (χ3v) is 6.59. The van der Waals surface area contributed by atoms with Gasteiger partial charge in [-0.2, -0.15) is 0 Å². The van der Waals surface area contributed by atoms with Crippen LogP contribution in [0.15, 0.2) is 59.9 Å². The minimum Gasteiger partial charge on any atom is -0.356 e. The smallest absolute Gasteiger partial charge is 0.150 e. The number of aryl methyl sites for hydroxylation is 1. The van der Waals surface area contributed by atoms with Gasteiger partial charge in [0.15, 0.2) is 0 Å². The number of allylic oxidation sites excluding steroid dienone is 1. The highest BCUT2D eigenvalue weighted by Crippen LogP contribution is 2.34. The zero-order valence-corrected chi connectivity index (χ0v) is 19.8. The van der Waals surface area contributed by atoms with Crippen molar-refractivity contribution in [1.82, 2.24) is 14.9 Å². The van der Waals surface area contributed by atoms with Crippen LogP contribution in [0.4, 0.5) is 20.3 Å². The molecule has 8 heteroatoms. The van der Waals surface area contributed by atoms with Crippen LogP contribution in [0.3, 0.4) is 0 Å². The Morgan fingerprint density at radius 3 is 2.60 bits per heavy atom. The summed E-state index contributed by atoms with van der Waals surface area (Å²) < 4.78 is 30.0. The molecule has 1 atom stereocenters. The van der Waals surface area contributed by atoms with Crippen molar-refractivity contribution in [3.63, 3.8) is 0 Å². The number of fused-ring (bicyclic) bond motifs is 2. The van der Waals surface area contributed by atoms with Gasteiger partial charge in [-0.3, -0.25) is 4.98 Å². The number of anilines is 1. The fourth-order valence-electron chi connectivity index (χ4n) is 4.54. The first kappa shape index (κ1) is 23.1. The maximum atomic E-state index is 15.5. The molecule has 1 aromatic carbocycles. The number of amidine groups is 1. The number of hydrogen-bond donors (Lipinski definition) is 2. The highest BCUT2D eigenvalue weighted by Gasteiger charge is 2.27. The van der Waals surface area contributed by atoms with E-state index in [0.29, 0.717) is 30.3 Å². The summed E-state index contributed by atoms with van der Waals surface area (Å²) in [5.74, 6) is -0.158. The van der Waals surface area contributed by atoms with E-state index in [2.05, 4.69) is 20.2 Å². The topological polar surface area (TPSA) is 79.4 Å². The van der Waals surface area contributed by atoms with Crippen molar-refractivity contribution in [1.29, 1.82) is 0 Å². The van der Waals surface area contributed by atoms with Gasteiger partial charge in [0.1, 0.15) is 29.0 Å². The molecule has 0 aliphatic carbocycles. The van der Waals surface area contributed by atoms with Gasteiger partial charge in [-0.15, -0.1) is 0 Å². The summed E-state index contributed by atoms with van der Waals surface area (Å²) in [7, 11) is 0. The Morgan fingerprint density at radius 2 is 1.83 bits per heavy atom. The highest BCUT2D eigenvalue weighted by atomic mass is 19.1. The molecule has 0 spiro atoms. The maximum Gasteiger partial charge on any atom is 0.150 e. The number of halogens is 2. The molecule has 2 aliphatic heterocycles. The van der Waals surface area contributed by atoms with Gasteiger partial charge in [-0.25, -0.2) is 18.8 Å². The molecule has 3 N–H and O–H groups in total. The van der Waals surface area contributed by atoms with E-state index >= 15 is 4.39 Å². The number of likely N-dealkylation sites (tertiary alicyclic amines) is 1. The summed E-state index contributed by atoms with van der Waals surface area (Å²) in [6.45, 7) is 5.42. The first-order valence-corrected chi connectivity index (χ1v) is 11.9. The Hall–Kier alpha value is -3.65. The number of aromatic nitrogens is 2. The molecule has 5 rings (SSSR count). The fourth-order valence-corrected chi connectivity index (χ4v) is 4.54. The quantitative estimate of drug-likeness (QED) is 0.502. The summed E-state index contributed by atoms with van der Waals surface area (Å²) in [5.41, 5.74) is 9.31. The minimum atomic E-state index is -0.616. The average molecular weight is 475 g/mol. The van der Waals surface area contributed by atoms with E-state index in [-0.39, 0.29) is 23.2 Å². The van der Waals surface area contributed by atoms with Gasteiger partial charge in [0.25, 0.3) is 0 Å². The molecule has 4 heterocycles. The summed E-state index contributed by atoms with van der Waals surface area (Å²) in [6.07, 6.45) is 7.13. The minimum absolute atomic E-state index is 0.0229. The second-order valence-electron chi connectivity index (χ2n) is 9.11. The Balaban J connectivity index is 1.74. The largest absolute Gasteiger partial charge is 0.356 e. The van der Waals surface area contributed by atoms with Crippen LogP contribution in [0.1, 0.15) is 42.5 Å². The van der Waals surface area contributed by atoms with Crippen LogP contribution in [0.2, 0.25) is 0 Å². The van der Waals surface area contributed by atoms with Crippen LogP contribution in [0, 0.1) is 18.6 Å². The predicted octanol–water partition coefficient (Wildman–Crippen LogP) is 5.27. The van der Waals surface area contributed by atoms with E-state index in [4.69, 9.17) is 10.7 Å². The second kappa shape index (κ2) is 9.54. The molecule has 1 fully saturated rings. The molecule has 1 unspecified atom stereocenters. The van der Waals surface area contributed by atoms with E-state index in [1.165, 1.54) is 18.2 Å². The molecule has 180 valence electrons. The number of hydrogen-bond acceptors (Lipinski definition) is 6. The predicted molar refractivity (Wildman–Crippen MR) is 135 cm³/mol. The van der Waals surface area contributed by atoms with Crippen molar-refractivity contribution < 1.29 is 8.78 Å². The third-order valence-electron chi connectivity index (χ3n) is 6.59. The number of nitrogens with zero attached hydrogens (tertiary/aromatic N) is 4. The Kier molecular flexibility index (Phi) is 6.30. The van der Waals surface area contributed by atoms with E-state index in [0.717, 1.165) is 29.8 Å². The lowest BCUT2D eigenvalue weighted by Crippen LogP contribution is -2.43. The van der Waals surface area contributed by atoms with Crippen LogP contribution in [0.5, 0.6) is 0 Å². The van der Waals surface area contributed by atoms with Crippen molar-refractivity contribution in [2.45, 2.75) is 38.6 Å².